The van der Waals surface area contributed by atoms with Crippen LogP contribution in [0, 0.1) is 0 Å². The lowest BCUT2D eigenvalue weighted by Crippen LogP contribution is -2.43. The summed E-state index contributed by atoms with van der Waals surface area (Å²) < 4.78 is 0. The lowest BCUT2D eigenvalue weighted by molar-refractivity contribution is 0.100. The minimum atomic E-state index is -0.482. The highest BCUT2D eigenvalue weighted by Gasteiger charge is 2.12. The number of nitrogen functional groups attached to an aromatic ring is 1. The Labute approximate surface area is 94.4 Å². The number of benzene rings is 1. The van der Waals surface area contributed by atoms with Crippen LogP contribution in [-0.2, 0) is 0 Å². The fourth-order valence-electron chi connectivity index (χ4n) is 1.89. The smallest absolute Gasteiger partial charge is 0.250 e. The van der Waals surface area contributed by atoms with E-state index in [9.17, 15) is 4.79 Å². The highest BCUT2D eigenvalue weighted by atomic mass is 16.1. The molecule has 86 valence electrons. The van der Waals surface area contributed by atoms with Gasteiger partial charge >= 0.3 is 0 Å². The molecular weight excluding hydrogens is 204 g/mol. The summed E-state index contributed by atoms with van der Waals surface area (Å²) in [5.41, 5.74) is 12.9. The van der Waals surface area contributed by atoms with Crippen LogP contribution in [0.25, 0.3) is 0 Å². The first-order valence-corrected chi connectivity index (χ1v) is 5.33. The highest BCUT2D eigenvalue weighted by molar-refractivity contribution is 5.98. The topological polar surface area (TPSA) is 84.4 Å². The van der Waals surface area contributed by atoms with Crippen molar-refractivity contribution in [1.29, 1.82) is 0 Å². The molecule has 0 bridgehead atoms. The van der Waals surface area contributed by atoms with E-state index in [4.69, 9.17) is 11.5 Å². The minimum Gasteiger partial charge on any atom is -0.398 e. The van der Waals surface area contributed by atoms with Crippen LogP contribution in [0.1, 0.15) is 10.4 Å². The molecule has 0 spiro atoms. The average molecular weight is 220 g/mol. The second kappa shape index (κ2) is 4.40. The summed E-state index contributed by atoms with van der Waals surface area (Å²) >= 11 is 0. The number of anilines is 2. The first-order chi connectivity index (χ1) is 7.68. The van der Waals surface area contributed by atoms with Gasteiger partial charge in [-0.3, -0.25) is 4.79 Å². The molecule has 5 heteroatoms. The Balaban J connectivity index is 2.23. The van der Waals surface area contributed by atoms with Gasteiger partial charge in [0.15, 0.2) is 0 Å². The standard InChI is InChI=1S/C11H16N4O/c12-10-7-8(1-2-9(10)11(13)16)15-5-3-14-4-6-15/h1-2,7,14H,3-6,12H2,(H2,13,16). The summed E-state index contributed by atoms with van der Waals surface area (Å²) in [6.45, 7) is 3.85. The number of amides is 1. The molecule has 1 aromatic rings. The number of nitrogens with zero attached hydrogens (tertiary/aromatic N) is 1. The van der Waals surface area contributed by atoms with Crippen molar-refractivity contribution < 1.29 is 4.79 Å². The van der Waals surface area contributed by atoms with Gasteiger partial charge in [-0.05, 0) is 18.2 Å². The van der Waals surface area contributed by atoms with Gasteiger partial charge < -0.3 is 21.7 Å². The lowest BCUT2D eigenvalue weighted by Gasteiger charge is -2.29. The van der Waals surface area contributed by atoms with Gasteiger partial charge in [-0.25, -0.2) is 0 Å². The van der Waals surface area contributed by atoms with Crippen molar-refractivity contribution in [3.8, 4) is 0 Å². The molecule has 5 N–H and O–H groups in total. The molecule has 2 rings (SSSR count). The monoisotopic (exact) mass is 220 g/mol. The minimum absolute atomic E-state index is 0.388. The number of nitrogens with two attached hydrogens (primary N) is 2. The van der Waals surface area contributed by atoms with Crippen LogP contribution < -0.4 is 21.7 Å². The Morgan fingerprint density at radius 2 is 2.00 bits per heavy atom. The van der Waals surface area contributed by atoms with E-state index in [1.54, 1.807) is 6.07 Å². The molecule has 0 radical (unpaired) electrons. The first-order valence-electron chi connectivity index (χ1n) is 5.33. The van der Waals surface area contributed by atoms with E-state index in [0.717, 1.165) is 31.9 Å². The number of nitrogens with one attached hydrogen (secondary N) is 1. The second-order valence-corrected chi connectivity index (χ2v) is 3.87. The Kier molecular flexibility index (Phi) is 2.96. The molecule has 1 aliphatic rings. The van der Waals surface area contributed by atoms with E-state index in [1.807, 2.05) is 12.1 Å². The average Bonchev–Trinajstić information content (AvgIpc) is 2.29. The molecule has 16 heavy (non-hydrogen) atoms. The normalized spacial score (nSPS) is 16.1. The number of hydrogen-bond acceptors (Lipinski definition) is 4. The summed E-state index contributed by atoms with van der Waals surface area (Å²) in [7, 11) is 0. The Bertz CT molecular complexity index is 399. The molecule has 1 aliphatic heterocycles. The van der Waals surface area contributed by atoms with Gasteiger partial charge in [0, 0.05) is 37.6 Å². The van der Waals surface area contributed by atoms with Crippen molar-refractivity contribution in [2.24, 2.45) is 5.73 Å². The molecule has 0 aliphatic carbocycles. The zero-order chi connectivity index (χ0) is 11.5. The third-order valence-corrected chi connectivity index (χ3v) is 2.78. The van der Waals surface area contributed by atoms with E-state index >= 15 is 0 Å². The van der Waals surface area contributed by atoms with Gasteiger partial charge in [-0.1, -0.05) is 0 Å². The number of primary amides is 1. The molecule has 5 nitrogen and oxygen atoms in total. The summed E-state index contributed by atoms with van der Waals surface area (Å²) in [6, 6.07) is 5.39. The van der Waals surface area contributed by atoms with E-state index in [2.05, 4.69) is 10.2 Å². The van der Waals surface area contributed by atoms with Crippen LogP contribution in [0.2, 0.25) is 0 Å². The maximum Gasteiger partial charge on any atom is 0.250 e. The summed E-state index contributed by atoms with van der Waals surface area (Å²) in [6.07, 6.45) is 0. The van der Waals surface area contributed by atoms with Gasteiger partial charge in [0.1, 0.15) is 0 Å². The zero-order valence-corrected chi connectivity index (χ0v) is 9.07. The van der Waals surface area contributed by atoms with E-state index in [-0.39, 0.29) is 0 Å². The van der Waals surface area contributed by atoms with Crippen LogP contribution in [-0.4, -0.2) is 32.1 Å². The van der Waals surface area contributed by atoms with Gasteiger partial charge in [0.05, 0.1) is 5.56 Å². The number of hydrogen-bond donors (Lipinski definition) is 3. The highest BCUT2D eigenvalue weighted by Crippen LogP contribution is 2.21. The second-order valence-electron chi connectivity index (χ2n) is 3.87. The van der Waals surface area contributed by atoms with Crippen molar-refractivity contribution in [2.75, 3.05) is 36.8 Å². The first kappa shape index (κ1) is 10.8. The summed E-state index contributed by atoms with van der Waals surface area (Å²) in [4.78, 5) is 13.3. The van der Waals surface area contributed by atoms with Crippen LogP contribution >= 0.6 is 0 Å². The van der Waals surface area contributed by atoms with Crippen LogP contribution in [0.4, 0.5) is 11.4 Å². The molecule has 0 saturated carbocycles. The molecule has 0 atom stereocenters. The Morgan fingerprint density at radius 1 is 1.31 bits per heavy atom. The van der Waals surface area contributed by atoms with E-state index in [0.29, 0.717) is 11.3 Å². The van der Waals surface area contributed by atoms with Crippen LogP contribution in [0.3, 0.4) is 0 Å². The molecule has 1 saturated heterocycles. The predicted octanol–water partition coefficient (Wildman–Crippen LogP) is -0.223. The molecule has 0 aromatic heterocycles. The number of carbonyl (C=O) groups excluding carboxylic acids is 1. The maximum atomic E-state index is 11.0. The molecule has 1 amide bonds. The molecule has 1 heterocycles. The largest absolute Gasteiger partial charge is 0.398 e. The van der Waals surface area contributed by atoms with Gasteiger partial charge in [0.25, 0.3) is 5.91 Å². The number of rotatable bonds is 2. The number of piperazine rings is 1. The maximum absolute atomic E-state index is 11.0. The SMILES string of the molecule is NC(=O)c1ccc(N2CCNCC2)cc1N. The van der Waals surface area contributed by atoms with Crippen molar-refractivity contribution in [2.45, 2.75) is 0 Å². The third kappa shape index (κ3) is 2.09. The Hall–Kier alpha value is -1.75. The van der Waals surface area contributed by atoms with Crippen molar-refractivity contribution in [3.05, 3.63) is 23.8 Å². The number of carbonyl (C=O) groups is 1. The van der Waals surface area contributed by atoms with Gasteiger partial charge in [-0.15, -0.1) is 0 Å². The van der Waals surface area contributed by atoms with Gasteiger partial charge in [0.2, 0.25) is 0 Å². The lowest BCUT2D eigenvalue weighted by atomic mass is 10.1. The molecule has 1 aromatic carbocycles. The molecular formula is C11H16N4O. The van der Waals surface area contributed by atoms with Crippen LogP contribution in [0.5, 0.6) is 0 Å². The quantitative estimate of drug-likeness (QED) is 0.601. The molecule has 0 unspecified atom stereocenters. The fraction of sp³-hybridized carbons (Fsp3) is 0.364. The van der Waals surface area contributed by atoms with Gasteiger partial charge in [-0.2, -0.15) is 0 Å². The van der Waals surface area contributed by atoms with Crippen LogP contribution in [0.15, 0.2) is 18.2 Å². The third-order valence-electron chi connectivity index (χ3n) is 2.78. The zero-order valence-electron chi connectivity index (χ0n) is 9.07. The van der Waals surface area contributed by atoms with Crippen molar-refractivity contribution >= 4 is 17.3 Å². The summed E-state index contributed by atoms with van der Waals surface area (Å²) in [5, 5.41) is 3.28. The fourth-order valence-corrected chi connectivity index (χ4v) is 1.89. The van der Waals surface area contributed by atoms with E-state index in [1.165, 1.54) is 0 Å². The van der Waals surface area contributed by atoms with Crippen molar-refractivity contribution in [3.63, 3.8) is 0 Å². The summed E-state index contributed by atoms with van der Waals surface area (Å²) in [5.74, 6) is -0.482. The van der Waals surface area contributed by atoms with Crippen molar-refractivity contribution in [1.82, 2.24) is 5.32 Å². The molecule has 1 fully saturated rings. The predicted molar refractivity (Wildman–Crippen MR) is 64.5 cm³/mol. The van der Waals surface area contributed by atoms with E-state index < -0.39 is 5.91 Å². The Morgan fingerprint density at radius 3 is 2.56 bits per heavy atom.